The zero-order valence-electron chi connectivity index (χ0n) is 11.6. The summed E-state index contributed by atoms with van der Waals surface area (Å²) in [7, 11) is 0. The highest BCUT2D eigenvalue weighted by molar-refractivity contribution is 5.33. The van der Waals surface area contributed by atoms with Crippen molar-refractivity contribution >= 4 is 6.01 Å². The first-order valence-corrected chi connectivity index (χ1v) is 6.56. The molecule has 18 heavy (non-hydrogen) atoms. The molecule has 0 aliphatic heterocycles. The average molecular weight is 249 g/mol. The molecule has 0 unspecified atom stereocenters. The lowest BCUT2D eigenvalue weighted by Gasteiger charge is -2.19. The Morgan fingerprint density at radius 2 is 2.28 bits per heavy atom. The minimum Gasteiger partial charge on any atom is -0.432 e. The van der Waals surface area contributed by atoms with Crippen molar-refractivity contribution in [3.63, 3.8) is 0 Å². The molecule has 0 radical (unpaired) electrons. The van der Waals surface area contributed by atoms with Gasteiger partial charge in [-0.3, -0.25) is 0 Å². The van der Waals surface area contributed by atoms with Gasteiger partial charge in [0.1, 0.15) is 6.26 Å². The highest BCUT2D eigenvalue weighted by atomic mass is 16.4. The van der Waals surface area contributed by atoms with Gasteiger partial charge in [-0.15, -0.1) is 6.58 Å². The smallest absolute Gasteiger partial charge is 0.298 e. The highest BCUT2D eigenvalue weighted by Gasteiger charge is 2.31. The summed E-state index contributed by atoms with van der Waals surface area (Å²) in [5, 5.41) is 3.41. The first-order chi connectivity index (χ1) is 8.49. The van der Waals surface area contributed by atoms with Crippen molar-refractivity contribution in [3.05, 3.63) is 24.6 Å². The maximum atomic E-state index is 5.57. The lowest BCUT2D eigenvalue weighted by atomic mass is 10.1. The predicted molar refractivity (Wildman–Crippen MR) is 73.7 cm³/mol. The van der Waals surface area contributed by atoms with Crippen molar-refractivity contribution < 1.29 is 4.42 Å². The molecule has 0 saturated heterocycles. The molecule has 4 heteroatoms. The molecule has 1 aromatic heterocycles. The number of oxazole rings is 1. The molecule has 1 aromatic rings. The van der Waals surface area contributed by atoms with Gasteiger partial charge in [0.25, 0.3) is 6.01 Å². The second-order valence-corrected chi connectivity index (χ2v) is 5.90. The Balaban J connectivity index is 1.97. The molecular weight excluding hydrogens is 226 g/mol. The van der Waals surface area contributed by atoms with E-state index in [1.165, 1.54) is 12.8 Å². The Morgan fingerprint density at radius 3 is 2.83 bits per heavy atom. The van der Waals surface area contributed by atoms with Crippen LogP contribution in [0.4, 0.5) is 6.01 Å². The van der Waals surface area contributed by atoms with Gasteiger partial charge in [0.05, 0.1) is 5.69 Å². The zero-order chi connectivity index (χ0) is 13.2. The van der Waals surface area contributed by atoms with Crippen LogP contribution < -0.4 is 10.2 Å². The third kappa shape index (κ3) is 3.60. The van der Waals surface area contributed by atoms with E-state index in [1.807, 2.05) is 6.08 Å². The van der Waals surface area contributed by atoms with Crippen LogP contribution in [0.15, 0.2) is 23.3 Å². The maximum absolute atomic E-state index is 5.57. The van der Waals surface area contributed by atoms with E-state index in [0.717, 1.165) is 24.8 Å². The van der Waals surface area contributed by atoms with Gasteiger partial charge >= 0.3 is 0 Å². The van der Waals surface area contributed by atoms with Gasteiger partial charge in [0.15, 0.2) is 0 Å². The van der Waals surface area contributed by atoms with E-state index in [0.29, 0.717) is 6.04 Å². The fraction of sp³-hybridized carbons (Fsp3) is 0.643. The Bertz CT molecular complexity index is 401. The van der Waals surface area contributed by atoms with Gasteiger partial charge in [-0.25, -0.2) is 0 Å². The van der Waals surface area contributed by atoms with Crippen molar-refractivity contribution in [1.82, 2.24) is 10.3 Å². The highest BCUT2D eigenvalue weighted by Crippen LogP contribution is 2.30. The van der Waals surface area contributed by atoms with Gasteiger partial charge < -0.3 is 14.6 Å². The number of nitrogens with one attached hydrogen (secondary N) is 1. The SMILES string of the molecule is C=CCN(c1nc(CNC(C)(C)C)co1)C1CC1. The van der Waals surface area contributed by atoms with Crippen LogP contribution in [-0.2, 0) is 6.54 Å². The molecule has 0 bridgehead atoms. The topological polar surface area (TPSA) is 41.3 Å². The summed E-state index contributed by atoms with van der Waals surface area (Å²) in [5.41, 5.74) is 1.05. The number of nitrogens with zero attached hydrogens (tertiary/aromatic N) is 2. The molecule has 1 saturated carbocycles. The van der Waals surface area contributed by atoms with E-state index in [2.05, 4.69) is 42.6 Å². The summed E-state index contributed by atoms with van der Waals surface area (Å²) in [6.07, 6.45) is 6.10. The van der Waals surface area contributed by atoms with Gasteiger partial charge in [0.2, 0.25) is 0 Å². The maximum Gasteiger partial charge on any atom is 0.298 e. The average Bonchev–Trinajstić information content (AvgIpc) is 3.01. The van der Waals surface area contributed by atoms with Crippen molar-refractivity contribution in [1.29, 1.82) is 0 Å². The van der Waals surface area contributed by atoms with Crippen LogP contribution in [-0.4, -0.2) is 23.1 Å². The van der Waals surface area contributed by atoms with Gasteiger partial charge in [0, 0.05) is 24.7 Å². The number of hydrogen-bond acceptors (Lipinski definition) is 4. The molecule has 1 aliphatic carbocycles. The first-order valence-electron chi connectivity index (χ1n) is 6.56. The Labute approximate surface area is 109 Å². The molecule has 0 aromatic carbocycles. The van der Waals surface area contributed by atoms with Crippen LogP contribution >= 0.6 is 0 Å². The third-order valence-electron chi connectivity index (χ3n) is 2.90. The van der Waals surface area contributed by atoms with E-state index < -0.39 is 0 Å². The largest absolute Gasteiger partial charge is 0.432 e. The van der Waals surface area contributed by atoms with Crippen LogP contribution in [0, 0.1) is 0 Å². The summed E-state index contributed by atoms with van der Waals surface area (Å²) in [5.74, 6) is 0. The Kier molecular flexibility index (Phi) is 3.76. The normalized spacial score (nSPS) is 15.7. The van der Waals surface area contributed by atoms with Crippen LogP contribution in [0.5, 0.6) is 0 Å². The molecule has 0 atom stereocenters. The summed E-state index contributed by atoms with van der Waals surface area (Å²) in [6, 6.07) is 1.31. The van der Waals surface area contributed by atoms with E-state index in [4.69, 9.17) is 4.42 Å². The standard InChI is InChI=1S/C14H23N3O/c1-5-8-17(12-6-7-12)13-16-11(10-18-13)9-15-14(2,3)4/h5,10,12,15H,1,6-9H2,2-4H3. The van der Waals surface area contributed by atoms with Crippen molar-refractivity contribution in [2.24, 2.45) is 0 Å². The Hall–Kier alpha value is -1.29. The summed E-state index contributed by atoms with van der Waals surface area (Å²) >= 11 is 0. The molecule has 0 spiro atoms. The molecule has 100 valence electrons. The van der Waals surface area contributed by atoms with E-state index in [-0.39, 0.29) is 5.54 Å². The van der Waals surface area contributed by atoms with Crippen LogP contribution in [0.3, 0.4) is 0 Å². The lowest BCUT2D eigenvalue weighted by molar-refractivity contribution is 0.421. The molecule has 1 fully saturated rings. The quantitative estimate of drug-likeness (QED) is 0.787. The fourth-order valence-corrected chi connectivity index (χ4v) is 1.77. The predicted octanol–water partition coefficient (Wildman–Crippen LogP) is 2.72. The van der Waals surface area contributed by atoms with Crippen LogP contribution in [0.1, 0.15) is 39.3 Å². The lowest BCUT2D eigenvalue weighted by Crippen LogP contribution is -2.35. The Morgan fingerprint density at radius 1 is 1.56 bits per heavy atom. The van der Waals surface area contributed by atoms with Crippen molar-refractivity contribution in [2.75, 3.05) is 11.4 Å². The first kappa shape index (κ1) is 13.1. The van der Waals surface area contributed by atoms with Crippen molar-refractivity contribution in [2.45, 2.75) is 51.7 Å². The van der Waals surface area contributed by atoms with Gasteiger partial charge in [-0.05, 0) is 33.6 Å². The minimum atomic E-state index is 0.0937. The monoisotopic (exact) mass is 249 g/mol. The molecule has 0 amide bonds. The van der Waals surface area contributed by atoms with E-state index >= 15 is 0 Å². The molecule has 1 aliphatic rings. The summed E-state index contributed by atoms with van der Waals surface area (Å²) in [6.45, 7) is 11.7. The number of aromatic nitrogens is 1. The van der Waals surface area contributed by atoms with Crippen LogP contribution in [0.2, 0.25) is 0 Å². The number of hydrogen-bond donors (Lipinski definition) is 1. The summed E-state index contributed by atoms with van der Waals surface area (Å²) < 4.78 is 5.57. The van der Waals surface area contributed by atoms with Gasteiger partial charge in [-0.2, -0.15) is 4.98 Å². The minimum absolute atomic E-state index is 0.0937. The van der Waals surface area contributed by atoms with Crippen molar-refractivity contribution in [3.8, 4) is 0 Å². The molecule has 1 N–H and O–H groups in total. The fourth-order valence-electron chi connectivity index (χ4n) is 1.77. The zero-order valence-corrected chi connectivity index (χ0v) is 11.6. The second kappa shape index (κ2) is 5.14. The summed E-state index contributed by atoms with van der Waals surface area (Å²) in [4.78, 5) is 6.73. The van der Waals surface area contributed by atoms with Crippen LogP contribution in [0.25, 0.3) is 0 Å². The molecule has 2 rings (SSSR count). The second-order valence-electron chi connectivity index (χ2n) is 5.90. The molecule has 4 nitrogen and oxygen atoms in total. The van der Waals surface area contributed by atoms with E-state index in [1.54, 1.807) is 6.26 Å². The number of rotatable bonds is 6. The third-order valence-corrected chi connectivity index (χ3v) is 2.90. The van der Waals surface area contributed by atoms with E-state index in [9.17, 15) is 0 Å². The molecular formula is C14H23N3O. The number of anilines is 1. The van der Waals surface area contributed by atoms with Gasteiger partial charge in [-0.1, -0.05) is 6.08 Å². The molecule has 1 heterocycles.